The normalized spacial score (nSPS) is 13.5. The number of hydrogen-bond donors (Lipinski definition) is 2. The Kier molecular flexibility index (Phi) is 5.12. The number of likely N-dealkylation sites (tertiary alicyclic amines) is 1. The number of amides is 3. The second-order valence-corrected chi connectivity index (χ2v) is 7.10. The lowest BCUT2D eigenvalue weighted by molar-refractivity contribution is 0.102. The van der Waals surface area contributed by atoms with Crippen molar-refractivity contribution in [3.8, 4) is 0 Å². The molecule has 7 heteroatoms. The van der Waals surface area contributed by atoms with Crippen LogP contribution in [0.5, 0.6) is 0 Å². The van der Waals surface area contributed by atoms with E-state index in [0.29, 0.717) is 33.5 Å². The fourth-order valence-corrected chi connectivity index (χ4v) is 3.53. The Balaban J connectivity index is 1.61. The molecule has 0 saturated carbocycles. The van der Waals surface area contributed by atoms with Crippen LogP contribution in [0.25, 0.3) is 10.9 Å². The van der Waals surface area contributed by atoms with Gasteiger partial charge in [-0.2, -0.15) is 0 Å². The molecule has 6 nitrogen and oxygen atoms in total. The highest BCUT2D eigenvalue weighted by Gasteiger charge is 2.20. The molecule has 0 unspecified atom stereocenters. The van der Waals surface area contributed by atoms with Gasteiger partial charge in [0.05, 0.1) is 22.5 Å². The van der Waals surface area contributed by atoms with Crippen molar-refractivity contribution < 1.29 is 14.0 Å². The van der Waals surface area contributed by atoms with Gasteiger partial charge in [0.2, 0.25) is 0 Å². The molecule has 1 aliphatic heterocycles. The molecule has 0 aliphatic carbocycles. The summed E-state index contributed by atoms with van der Waals surface area (Å²) in [5.41, 5.74) is 2.46. The van der Waals surface area contributed by atoms with Gasteiger partial charge in [0.25, 0.3) is 5.91 Å². The van der Waals surface area contributed by atoms with Crippen LogP contribution in [0.4, 0.5) is 20.6 Å². The van der Waals surface area contributed by atoms with Gasteiger partial charge in [-0.3, -0.25) is 9.78 Å². The van der Waals surface area contributed by atoms with Gasteiger partial charge in [-0.05, 0) is 50.1 Å². The summed E-state index contributed by atoms with van der Waals surface area (Å²) in [5, 5.41) is 6.30. The van der Waals surface area contributed by atoms with E-state index in [0.717, 1.165) is 25.9 Å². The Morgan fingerprint density at radius 3 is 2.41 bits per heavy atom. The summed E-state index contributed by atoms with van der Waals surface area (Å²) >= 11 is 0. The van der Waals surface area contributed by atoms with E-state index < -0.39 is 5.82 Å². The fourth-order valence-electron chi connectivity index (χ4n) is 3.53. The average Bonchev–Trinajstić information content (AvgIpc) is 3.23. The van der Waals surface area contributed by atoms with Crippen LogP contribution in [0.3, 0.4) is 0 Å². The number of halogens is 1. The Bertz CT molecular complexity index is 1090. The minimum absolute atomic E-state index is 0.176. The summed E-state index contributed by atoms with van der Waals surface area (Å²) in [6.45, 7) is 3.23. The van der Waals surface area contributed by atoms with Crippen molar-refractivity contribution in [3.05, 3.63) is 65.6 Å². The molecule has 148 valence electrons. The molecule has 1 fully saturated rings. The van der Waals surface area contributed by atoms with Crippen molar-refractivity contribution in [2.45, 2.75) is 19.8 Å². The molecule has 1 aliphatic rings. The first-order valence-corrected chi connectivity index (χ1v) is 9.54. The van der Waals surface area contributed by atoms with E-state index in [1.54, 1.807) is 48.2 Å². The molecule has 2 N–H and O–H groups in total. The van der Waals surface area contributed by atoms with E-state index in [1.807, 2.05) is 0 Å². The van der Waals surface area contributed by atoms with Gasteiger partial charge in [0.1, 0.15) is 5.82 Å². The number of carbonyl (C=O) groups is 2. The minimum atomic E-state index is -0.406. The first-order chi connectivity index (χ1) is 14.0. The summed E-state index contributed by atoms with van der Waals surface area (Å²) < 4.78 is 13.6. The molecule has 0 radical (unpaired) electrons. The third kappa shape index (κ3) is 4.03. The maximum absolute atomic E-state index is 13.6. The predicted molar refractivity (Wildman–Crippen MR) is 111 cm³/mol. The van der Waals surface area contributed by atoms with Gasteiger partial charge in [0.15, 0.2) is 0 Å². The van der Waals surface area contributed by atoms with Gasteiger partial charge >= 0.3 is 6.03 Å². The zero-order chi connectivity index (χ0) is 20.4. The second kappa shape index (κ2) is 7.87. The Hall–Kier alpha value is -3.48. The molecule has 2 heterocycles. The summed E-state index contributed by atoms with van der Waals surface area (Å²) in [4.78, 5) is 31.5. The summed E-state index contributed by atoms with van der Waals surface area (Å²) in [6, 6.07) is 12.7. The molecule has 4 rings (SSSR count). The van der Waals surface area contributed by atoms with E-state index in [4.69, 9.17) is 0 Å². The zero-order valence-electron chi connectivity index (χ0n) is 16.0. The van der Waals surface area contributed by atoms with E-state index in [1.165, 1.54) is 12.1 Å². The second-order valence-electron chi connectivity index (χ2n) is 7.10. The van der Waals surface area contributed by atoms with Crippen LogP contribution < -0.4 is 10.6 Å². The van der Waals surface area contributed by atoms with Crippen molar-refractivity contribution in [1.82, 2.24) is 9.88 Å². The molecule has 0 bridgehead atoms. The van der Waals surface area contributed by atoms with E-state index in [2.05, 4.69) is 15.6 Å². The standard InChI is InChI=1S/C22H21FN4O2/c1-14-12-17(16-9-8-15(23)13-20(16)24-14)21(28)25-18-6-2-3-7-19(18)26-22(29)27-10-4-5-11-27/h2-3,6-9,12-13H,4-5,10-11H2,1H3,(H,25,28)(H,26,29). The number of benzene rings is 2. The van der Waals surface area contributed by atoms with Gasteiger partial charge in [0, 0.05) is 30.2 Å². The maximum atomic E-state index is 13.6. The number of para-hydroxylation sites is 2. The quantitative estimate of drug-likeness (QED) is 0.686. The average molecular weight is 392 g/mol. The molecule has 2 aromatic carbocycles. The highest BCUT2D eigenvalue weighted by molar-refractivity contribution is 6.13. The number of hydrogen-bond acceptors (Lipinski definition) is 3. The monoisotopic (exact) mass is 392 g/mol. The van der Waals surface area contributed by atoms with E-state index >= 15 is 0 Å². The molecule has 1 aromatic heterocycles. The smallest absolute Gasteiger partial charge is 0.321 e. The number of aryl methyl sites for hydroxylation is 1. The van der Waals surface area contributed by atoms with Crippen LogP contribution in [0.2, 0.25) is 0 Å². The third-order valence-corrected chi connectivity index (χ3v) is 4.95. The van der Waals surface area contributed by atoms with Crippen molar-refractivity contribution in [3.63, 3.8) is 0 Å². The first-order valence-electron chi connectivity index (χ1n) is 9.54. The highest BCUT2D eigenvalue weighted by Crippen LogP contribution is 2.25. The Morgan fingerprint density at radius 1 is 1.00 bits per heavy atom. The molecule has 0 atom stereocenters. The lowest BCUT2D eigenvalue weighted by Crippen LogP contribution is -2.32. The summed E-state index contributed by atoms with van der Waals surface area (Å²) in [5.74, 6) is -0.757. The molecular weight excluding hydrogens is 371 g/mol. The number of carbonyl (C=O) groups excluding carboxylic acids is 2. The van der Waals surface area contributed by atoms with Crippen molar-refractivity contribution in [2.24, 2.45) is 0 Å². The lowest BCUT2D eigenvalue weighted by atomic mass is 10.1. The summed E-state index contributed by atoms with van der Waals surface area (Å²) in [6.07, 6.45) is 2.00. The Morgan fingerprint density at radius 2 is 1.69 bits per heavy atom. The van der Waals surface area contributed by atoms with Crippen LogP contribution in [0.15, 0.2) is 48.5 Å². The van der Waals surface area contributed by atoms with Crippen LogP contribution in [-0.4, -0.2) is 34.9 Å². The third-order valence-electron chi connectivity index (χ3n) is 4.95. The van der Waals surface area contributed by atoms with E-state index in [-0.39, 0.29) is 11.9 Å². The van der Waals surface area contributed by atoms with Crippen LogP contribution >= 0.6 is 0 Å². The number of nitrogens with one attached hydrogen (secondary N) is 2. The number of aromatic nitrogens is 1. The fraction of sp³-hybridized carbons (Fsp3) is 0.227. The molecule has 3 aromatic rings. The van der Waals surface area contributed by atoms with Gasteiger partial charge in [-0.1, -0.05) is 12.1 Å². The largest absolute Gasteiger partial charge is 0.325 e. The van der Waals surface area contributed by atoms with Gasteiger partial charge < -0.3 is 15.5 Å². The maximum Gasteiger partial charge on any atom is 0.321 e. The highest BCUT2D eigenvalue weighted by atomic mass is 19.1. The molecule has 3 amide bonds. The molecular formula is C22H21FN4O2. The predicted octanol–water partition coefficient (Wildman–Crippen LogP) is 4.56. The summed E-state index contributed by atoms with van der Waals surface area (Å²) in [7, 11) is 0. The van der Waals surface area contributed by atoms with Crippen molar-refractivity contribution in [1.29, 1.82) is 0 Å². The van der Waals surface area contributed by atoms with Crippen molar-refractivity contribution in [2.75, 3.05) is 23.7 Å². The van der Waals surface area contributed by atoms with Gasteiger partial charge in [-0.25, -0.2) is 9.18 Å². The first kappa shape index (κ1) is 18.9. The van der Waals surface area contributed by atoms with Gasteiger partial charge in [-0.15, -0.1) is 0 Å². The van der Waals surface area contributed by atoms with Crippen LogP contribution in [0.1, 0.15) is 28.9 Å². The van der Waals surface area contributed by atoms with Crippen LogP contribution in [-0.2, 0) is 0 Å². The number of fused-ring (bicyclic) bond motifs is 1. The number of nitrogens with zero attached hydrogens (tertiary/aromatic N) is 2. The molecule has 0 spiro atoms. The van der Waals surface area contributed by atoms with Crippen LogP contribution in [0, 0.1) is 12.7 Å². The lowest BCUT2D eigenvalue weighted by Gasteiger charge is -2.18. The molecule has 1 saturated heterocycles. The molecule has 29 heavy (non-hydrogen) atoms. The minimum Gasteiger partial charge on any atom is -0.325 e. The number of pyridine rings is 1. The number of anilines is 2. The van der Waals surface area contributed by atoms with Crippen molar-refractivity contribution >= 4 is 34.2 Å². The van der Waals surface area contributed by atoms with E-state index in [9.17, 15) is 14.0 Å². The number of rotatable bonds is 3. The number of urea groups is 1. The zero-order valence-corrected chi connectivity index (χ0v) is 16.0. The topological polar surface area (TPSA) is 74.3 Å². The SMILES string of the molecule is Cc1cc(C(=O)Nc2ccccc2NC(=O)N2CCCC2)c2ccc(F)cc2n1. The Labute approximate surface area is 167 Å².